The van der Waals surface area contributed by atoms with Crippen LogP contribution in [0.15, 0.2) is 0 Å². The third kappa shape index (κ3) is 10.8. The summed E-state index contributed by atoms with van der Waals surface area (Å²) in [4.78, 5) is 0. The molecule has 0 unspecified atom stereocenters. The third-order valence-corrected chi connectivity index (χ3v) is 1.09. The average Bonchev–Trinajstić information content (AvgIpc) is 1.35. The molecule has 0 aliphatic heterocycles. The van der Waals surface area contributed by atoms with Crippen LogP contribution in [0.3, 0.4) is 0 Å². The summed E-state index contributed by atoms with van der Waals surface area (Å²) in [6.45, 7) is 1.37. The first-order chi connectivity index (χ1) is 2.56. The van der Waals surface area contributed by atoms with Crippen LogP contribution in [0, 0.1) is 0 Å². The smallest absolute Gasteiger partial charge is 0.264 e. The van der Waals surface area contributed by atoms with Crippen LogP contribution in [-0.4, -0.2) is 18.7 Å². The van der Waals surface area contributed by atoms with Gasteiger partial charge < -0.3 is 0 Å². The van der Waals surface area contributed by atoms with Gasteiger partial charge in [0.05, 0.1) is 5.75 Å². The van der Waals surface area contributed by atoms with E-state index in [0.29, 0.717) is 0 Å². The Kier molecular flexibility index (Phi) is 5.29. The van der Waals surface area contributed by atoms with Gasteiger partial charge in [-0.2, -0.15) is 8.42 Å². The topological polar surface area (TPSA) is 54.4 Å². The van der Waals surface area contributed by atoms with Crippen LogP contribution in [0.2, 0.25) is 0 Å². The predicted octanol–water partition coefficient (Wildman–Crippen LogP) is -0.108. The minimum absolute atomic E-state index is 0. The van der Waals surface area contributed by atoms with E-state index in [-0.39, 0.29) is 25.2 Å². The van der Waals surface area contributed by atoms with Crippen molar-refractivity contribution in [2.45, 2.75) is 6.92 Å². The number of hydrogen-bond acceptors (Lipinski definition) is 2. The summed E-state index contributed by atoms with van der Waals surface area (Å²) in [5.74, 6) is -0.201. The van der Waals surface area contributed by atoms with Gasteiger partial charge in [0, 0.05) is 19.5 Å². The first-order valence-electron chi connectivity index (χ1n) is 1.51. The summed E-state index contributed by atoms with van der Waals surface area (Å²) in [5.41, 5.74) is 0. The Hall–Kier alpha value is 0.533. The van der Waals surface area contributed by atoms with Crippen molar-refractivity contribution in [3.63, 3.8) is 0 Å². The van der Waals surface area contributed by atoms with Crippen molar-refractivity contribution in [3.8, 4) is 0 Å². The zero-order chi connectivity index (χ0) is 5.21. The van der Waals surface area contributed by atoms with Gasteiger partial charge >= 0.3 is 0 Å². The Balaban J connectivity index is 0. The molecule has 7 heavy (non-hydrogen) atoms. The third-order valence-electron chi connectivity index (χ3n) is 0.365. The van der Waals surface area contributed by atoms with Gasteiger partial charge in [0.2, 0.25) is 0 Å². The number of hydrogen-bond donors (Lipinski definition) is 1. The quantitative estimate of drug-likeness (QED) is 0.447. The van der Waals surface area contributed by atoms with Gasteiger partial charge in [0.25, 0.3) is 10.1 Å². The summed E-state index contributed by atoms with van der Waals surface area (Å²) < 4.78 is 26.9. The Morgan fingerprint density at radius 1 is 1.57 bits per heavy atom. The predicted molar refractivity (Wildman–Crippen MR) is 22.1 cm³/mol. The summed E-state index contributed by atoms with van der Waals surface area (Å²) in [6.07, 6.45) is 0. The van der Waals surface area contributed by atoms with Crippen LogP contribution in [0.1, 0.15) is 6.92 Å². The summed E-state index contributed by atoms with van der Waals surface area (Å²) >= 11 is 0. The Morgan fingerprint density at radius 3 is 1.71 bits per heavy atom. The average molecular weight is 176 g/mol. The van der Waals surface area contributed by atoms with Crippen molar-refractivity contribution < 1.29 is 32.4 Å². The van der Waals surface area contributed by atoms with E-state index in [1.807, 2.05) is 0 Å². The van der Waals surface area contributed by atoms with Crippen molar-refractivity contribution in [2.24, 2.45) is 0 Å². The van der Waals surface area contributed by atoms with Crippen molar-refractivity contribution in [1.82, 2.24) is 0 Å². The second-order valence-corrected chi connectivity index (χ2v) is 2.61. The zero-order valence-corrected chi connectivity index (χ0v) is 7.87. The van der Waals surface area contributed by atoms with Crippen molar-refractivity contribution in [3.05, 3.63) is 0 Å². The van der Waals surface area contributed by atoms with E-state index >= 15 is 0 Å². The molecule has 0 atom stereocenters. The molecule has 0 aromatic rings. The largest absolute Gasteiger partial charge is 0.286 e. The second-order valence-electron chi connectivity index (χ2n) is 0.871. The van der Waals surface area contributed by atoms with Gasteiger partial charge in [-0.3, -0.25) is 4.55 Å². The Bertz CT molecular complexity index is 115. The molecular formula is C2H6O3SZn. The van der Waals surface area contributed by atoms with Crippen molar-refractivity contribution in [2.75, 3.05) is 5.75 Å². The normalized spacial score (nSPS) is 10.0. The van der Waals surface area contributed by atoms with E-state index < -0.39 is 10.1 Å². The first kappa shape index (κ1) is 10.5. The first-order valence-corrected chi connectivity index (χ1v) is 3.12. The summed E-state index contributed by atoms with van der Waals surface area (Å²) in [6, 6.07) is 0. The molecule has 0 amide bonds. The molecule has 3 nitrogen and oxygen atoms in total. The van der Waals surface area contributed by atoms with Gasteiger partial charge in [-0.25, -0.2) is 0 Å². The second kappa shape index (κ2) is 3.52. The van der Waals surface area contributed by atoms with E-state index in [2.05, 4.69) is 0 Å². The molecule has 0 saturated heterocycles. The van der Waals surface area contributed by atoms with Crippen LogP contribution in [0.4, 0.5) is 0 Å². The maximum absolute atomic E-state index is 9.56. The molecule has 0 radical (unpaired) electrons. The van der Waals surface area contributed by atoms with Gasteiger partial charge in [-0.1, -0.05) is 0 Å². The SMILES string of the molecule is CCS(=O)(=O)O.[Zn]. The van der Waals surface area contributed by atoms with Crippen LogP contribution >= 0.6 is 0 Å². The molecule has 0 aromatic heterocycles. The van der Waals surface area contributed by atoms with Gasteiger partial charge in [-0.05, 0) is 6.92 Å². The fourth-order valence-electron chi connectivity index (χ4n) is 0. The molecule has 0 aliphatic rings. The molecule has 0 aliphatic carbocycles. The zero-order valence-electron chi connectivity index (χ0n) is 4.09. The van der Waals surface area contributed by atoms with Gasteiger partial charge in [0.1, 0.15) is 0 Å². The number of rotatable bonds is 1. The standard InChI is InChI=1S/C2H6O3S.Zn/c1-2-6(3,4)5;/h2H2,1H3,(H,3,4,5);. The minimum atomic E-state index is -3.66. The van der Waals surface area contributed by atoms with Crippen LogP contribution in [0.5, 0.6) is 0 Å². The maximum atomic E-state index is 9.56. The van der Waals surface area contributed by atoms with Gasteiger partial charge in [-0.15, -0.1) is 0 Å². The molecule has 0 bridgehead atoms. The summed E-state index contributed by atoms with van der Waals surface area (Å²) in [5, 5.41) is 0. The van der Waals surface area contributed by atoms with Crippen LogP contribution in [0.25, 0.3) is 0 Å². The molecule has 0 rings (SSSR count). The van der Waals surface area contributed by atoms with Crippen LogP contribution in [-0.2, 0) is 29.6 Å². The molecule has 0 saturated carbocycles. The molecule has 1 N–H and O–H groups in total. The van der Waals surface area contributed by atoms with Crippen molar-refractivity contribution >= 4 is 10.1 Å². The minimum Gasteiger partial charge on any atom is -0.286 e. The van der Waals surface area contributed by atoms with E-state index in [1.165, 1.54) is 6.92 Å². The van der Waals surface area contributed by atoms with E-state index in [4.69, 9.17) is 4.55 Å². The van der Waals surface area contributed by atoms with Gasteiger partial charge in [0.15, 0.2) is 0 Å². The fourth-order valence-corrected chi connectivity index (χ4v) is 0. The summed E-state index contributed by atoms with van der Waals surface area (Å²) in [7, 11) is -3.66. The Morgan fingerprint density at radius 2 is 1.71 bits per heavy atom. The maximum Gasteiger partial charge on any atom is 0.264 e. The molecule has 0 aromatic carbocycles. The van der Waals surface area contributed by atoms with E-state index in [1.54, 1.807) is 0 Å². The van der Waals surface area contributed by atoms with Crippen molar-refractivity contribution in [1.29, 1.82) is 0 Å². The van der Waals surface area contributed by atoms with Crippen LogP contribution < -0.4 is 0 Å². The van der Waals surface area contributed by atoms with E-state index in [9.17, 15) is 8.42 Å². The Labute approximate surface area is 55.6 Å². The van der Waals surface area contributed by atoms with E-state index in [0.717, 1.165) is 0 Å². The molecule has 5 heteroatoms. The molecule has 0 spiro atoms. The monoisotopic (exact) mass is 174 g/mol. The molecule has 0 heterocycles. The fraction of sp³-hybridized carbons (Fsp3) is 1.00. The molecule has 0 fully saturated rings. The molecular weight excluding hydrogens is 169 g/mol. The molecule has 40 valence electrons.